The minimum atomic E-state index is -0.526. The zero-order chi connectivity index (χ0) is 19.4. The average molecular weight is 390 g/mol. The van der Waals surface area contributed by atoms with Gasteiger partial charge in [0.25, 0.3) is 0 Å². The summed E-state index contributed by atoms with van der Waals surface area (Å²) in [6.07, 6.45) is 1.61. The van der Waals surface area contributed by atoms with Crippen molar-refractivity contribution in [2.24, 2.45) is 5.16 Å². The molecule has 0 unspecified atom stereocenters. The van der Waals surface area contributed by atoms with Crippen LogP contribution in [0.25, 0.3) is 6.08 Å². The van der Waals surface area contributed by atoms with Crippen LogP contribution in [0.1, 0.15) is 25.0 Å². The lowest BCUT2D eigenvalue weighted by molar-refractivity contribution is -0.136. The Bertz CT molecular complexity index is 940. The lowest BCUT2D eigenvalue weighted by Gasteiger charge is -2.15. The number of hydrogen-bond acceptors (Lipinski definition) is 5. The molecule has 1 aliphatic rings. The highest BCUT2D eigenvalue weighted by Crippen LogP contribution is 2.38. The minimum Gasteiger partial charge on any atom is -0.490 e. The van der Waals surface area contributed by atoms with Crippen LogP contribution in [0, 0.1) is 5.82 Å². The SMILES string of the molecule is CCOc1cc(C=C2C(=O)ON=C2C)cc(Cl)c1OCc1ccccc1F. The number of carbonyl (C=O) groups excluding carboxylic acids is 1. The van der Waals surface area contributed by atoms with Crippen molar-refractivity contribution in [3.63, 3.8) is 0 Å². The van der Waals surface area contributed by atoms with Crippen molar-refractivity contribution in [1.29, 1.82) is 0 Å². The molecule has 1 heterocycles. The molecule has 0 atom stereocenters. The van der Waals surface area contributed by atoms with Gasteiger partial charge in [-0.2, -0.15) is 0 Å². The van der Waals surface area contributed by atoms with Gasteiger partial charge in [0.2, 0.25) is 0 Å². The first-order valence-electron chi connectivity index (χ1n) is 8.30. The predicted octanol–water partition coefficient (Wildman–Crippen LogP) is 4.77. The molecule has 0 aromatic heterocycles. The molecule has 1 aliphatic heterocycles. The van der Waals surface area contributed by atoms with Crippen LogP contribution in [-0.4, -0.2) is 18.3 Å². The molecule has 7 heteroatoms. The first-order chi connectivity index (χ1) is 13.0. The molecule has 0 aliphatic carbocycles. The van der Waals surface area contributed by atoms with Crippen LogP contribution >= 0.6 is 11.6 Å². The first-order valence-corrected chi connectivity index (χ1v) is 8.68. The largest absolute Gasteiger partial charge is 0.490 e. The van der Waals surface area contributed by atoms with Crippen LogP contribution in [0.2, 0.25) is 5.02 Å². The molecule has 0 radical (unpaired) electrons. The molecule has 0 spiro atoms. The maximum absolute atomic E-state index is 13.8. The highest BCUT2D eigenvalue weighted by molar-refractivity contribution is 6.32. The van der Waals surface area contributed by atoms with Gasteiger partial charge in [-0.3, -0.25) is 0 Å². The van der Waals surface area contributed by atoms with Gasteiger partial charge in [-0.05, 0) is 43.7 Å². The molecular weight excluding hydrogens is 373 g/mol. The van der Waals surface area contributed by atoms with E-state index in [1.807, 2.05) is 6.92 Å². The average Bonchev–Trinajstić information content (AvgIpc) is 2.95. The van der Waals surface area contributed by atoms with Gasteiger partial charge in [0.05, 0.1) is 22.9 Å². The topological polar surface area (TPSA) is 57.1 Å². The third kappa shape index (κ3) is 4.28. The number of halogens is 2. The van der Waals surface area contributed by atoms with E-state index in [-0.39, 0.29) is 17.4 Å². The molecule has 0 fully saturated rings. The van der Waals surface area contributed by atoms with E-state index in [1.54, 1.807) is 43.3 Å². The molecule has 0 saturated carbocycles. The molecule has 0 N–H and O–H groups in total. The Hall–Kier alpha value is -2.86. The van der Waals surface area contributed by atoms with Crippen LogP contribution in [-0.2, 0) is 16.2 Å². The van der Waals surface area contributed by atoms with Gasteiger partial charge in [0.15, 0.2) is 11.5 Å². The molecular formula is C20H17ClFNO4. The molecule has 0 bridgehead atoms. The Kier molecular flexibility index (Phi) is 5.76. The highest BCUT2D eigenvalue weighted by Gasteiger charge is 2.22. The monoisotopic (exact) mass is 389 g/mol. The molecule has 5 nitrogen and oxygen atoms in total. The molecule has 27 heavy (non-hydrogen) atoms. The second-order valence-electron chi connectivity index (χ2n) is 5.76. The van der Waals surface area contributed by atoms with Crippen molar-refractivity contribution in [3.8, 4) is 11.5 Å². The molecule has 2 aromatic carbocycles. The Morgan fingerprint density at radius 1 is 1.26 bits per heavy atom. The van der Waals surface area contributed by atoms with E-state index in [0.717, 1.165) is 0 Å². The van der Waals surface area contributed by atoms with Crippen LogP contribution in [0.5, 0.6) is 11.5 Å². The molecule has 140 valence electrons. The third-order valence-electron chi connectivity index (χ3n) is 3.85. The van der Waals surface area contributed by atoms with E-state index in [9.17, 15) is 9.18 Å². The lowest BCUT2D eigenvalue weighted by atomic mass is 10.1. The summed E-state index contributed by atoms with van der Waals surface area (Å²) in [5.41, 5.74) is 1.86. The highest BCUT2D eigenvalue weighted by atomic mass is 35.5. The van der Waals surface area contributed by atoms with Crippen molar-refractivity contribution in [2.45, 2.75) is 20.5 Å². The van der Waals surface area contributed by atoms with Crippen molar-refractivity contribution in [2.75, 3.05) is 6.61 Å². The zero-order valence-corrected chi connectivity index (χ0v) is 15.5. The van der Waals surface area contributed by atoms with Crippen LogP contribution < -0.4 is 9.47 Å². The summed E-state index contributed by atoms with van der Waals surface area (Å²) < 4.78 is 25.1. The van der Waals surface area contributed by atoms with Crippen molar-refractivity contribution < 1.29 is 23.5 Å². The van der Waals surface area contributed by atoms with Gasteiger partial charge < -0.3 is 14.3 Å². The van der Waals surface area contributed by atoms with Gasteiger partial charge >= 0.3 is 5.97 Å². The lowest BCUT2D eigenvalue weighted by Crippen LogP contribution is -2.03. The van der Waals surface area contributed by atoms with E-state index < -0.39 is 5.97 Å². The Labute approximate surface area is 161 Å². The zero-order valence-electron chi connectivity index (χ0n) is 14.8. The van der Waals surface area contributed by atoms with Crippen LogP contribution in [0.15, 0.2) is 47.1 Å². The van der Waals surface area contributed by atoms with E-state index in [1.165, 1.54) is 6.07 Å². The number of nitrogens with zero attached hydrogens (tertiary/aromatic N) is 1. The quantitative estimate of drug-likeness (QED) is 0.527. The van der Waals surface area contributed by atoms with Gasteiger partial charge in [0.1, 0.15) is 12.4 Å². The summed E-state index contributed by atoms with van der Waals surface area (Å²) in [5.74, 6) is -0.179. The van der Waals surface area contributed by atoms with Crippen LogP contribution in [0.3, 0.4) is 0 Å². The number of ether oxygens (including phenoxy) is 2. The van der Waals surface area contributed by atoms with Crippen molar-refractivity contribution in [1.82, 2.24) is 0 Å². The number of benzene rings is 2. The molecule has 3 rings (SSSR count). The fraction of sp³-hybridized carbons (Fsp3) is 0.200. The molecule has 0 amide bonds. The fourth-order valence-electron chi connectivity index (χ4n) is 2.53. The molecule has 2 aromatic rings. The summed E-state index contributed by atoms with van der Waals surface area (Å²) in [6.45, 7) is 3.89. The van der Waals surface area contributed by atoms with E-state index in [4.69, 9.17) is 21.1 Å². The van der Waals surface area contributed by atoms with Crippen molar-refractivity contribution >= 4 is 29.4 Å². The van der Waals surface area contributed by atoms with E-state index in [0.29, 0.717) is 40.5 Å². The maximum Gasteiger partial charge on any atom is 0.367 e. The van der Waals surface area contributed by atoms with Gasteiger partial charge in [-0.15, -0.1) is 0 Å². The standard InChI is InChI=1S/C20H17ClFNO4/c1-3-25-18-10-13(8-15-12(2)23-27-20(15)24)9-16(21)19(18)26-11-14-6-4-5-7-17(14)22/h4-10H,3,11H2,1-2H3. The number of rotatable bonds is 6. The van der Waals surface area contributed by atoms with Crippen molar-refractivity contribution in [3.05, 3.63) is 63.9 Å². The Balaban J connectivity index is 1.91. The minimum absolute atomic E-state index is 0.00496. The van der Waals surface area contributed by atoms with Gasteiger partial charge in [-0.1, -0.05) is 35.0 Å². The maximum atomic E-state index is 13.8. The Morgan fingerprint density at radius 2 is 2.04 bits per heavy atom. The second-order valence-corrected chi connectivity index (χ2v) is 6.16. The molecule has 0 saturated heterocycles. The van der Waals surface area contributed by atoms with Gasteiger partial charge in [0, 0.05) is 5.56 Å². The smallest absolute Gasteiger partial charge is 0.367 e. The summed E-state index contributed by atoms with van der Waals surface area (Å²) in [7, 11) is 0. The van der Waals surface area contributed by atoms with Gasteiger partial charge in [-0.25, -0.2) is 9.18 Å². The summed E-state index contributed by atoms with van der Waals surface area (Å²) >= 11 is 6.36. The predicted molar refractivity (Wildman–Crippen MR) is 101 cm³/mol. The van der Waals surface area contributed by atoms with E-state index in [2.05, 4.69) is 9.99 Å². The summed E-state index contributed by atoms with van der Waals surface area (Å²) in [5, 5.41) is 3.92. The number of carbonyl (C=O) groups is 1. The van der Waals surface area contributed by atoms with Crippen LogP contribution in [0.4, 0.5) is 4.39 Å². The number of hydrogen-bond donors (Lipinski definition) is 0. The fourth-order valence-corrected chi connectivity index (χ4v) is 2.80. The third-order valence-corrected chi connectivity index (χ3v) is 4.13. The summed E-state index contributed by atoms with van der Waals surface area (Å²) in [6, 6.07) is 9.66. The summed E-state index contributed by atoms with van der Waals surface area (Å²) in [4.78, 5) is 16.4. The number of oxime groups is 1. The Morgan fingerprint density at radius 3 is 2.70 bits per heavy atom. The second kappa shape index (κ2) is 8.22. The van der Waals surface area contributed by atoms with E-state index >= 15 is 0 Å². The first kappa shape index (κ1) is 18.9. The normalized spacial score (nSPS) is 14.9.